The lowest BCUT2D eigenvalue weighted by Gasteiger charge is -2.23. The highest BCUT2D eigenvalue weighted by molar-refractivity contribution is 5.30. The first-order chi connectivity index (χ1) is 8.18. The highest BCUT2D eigenvalue weighted by Crippen LogP contribution is 2.29. The van der Waals surface area contributed by atoms with Crippen LogP contribution in [0.3, 0.4) is 0 Å². The zero-order valence-electron chi connectivity index (χ0n) is 9.56. The molecule has 0 aliphatic carbocycles. The summed E-state index contributed by atoms with van der Waals surface area (Å²) in [5, 5.41) is 3.23. The van der Waals surface area contributed by atoms with Crippen LogP contribution in [0.2, 0.25) is 0 Å². The van der Waals surface area contributed by atoms with Crippen LogP contribution in [0.25, 0.3) is 0 Å². The van der Waals surface area contributed by atoms with Gasteiger partial charge < -0.3 is 5.32 Å². The van der Waals surface area contributed by atoms with Crippen molar-refractivity contribution in [3.05, 3.63) is 35.1 Å². The normalized spacial score (nSPS) is 17.6. The van der Waals surface area contributed by atoms with Gasteiger partial charge in [0.15, 0.2) is 0 Å². The van der Waals surface area contributed by atoms with Gasteiger partial charge in [0.1, 0.15) is 5.82 Å². The molecule has 1 aliphatic rings. The maximum Gasteiger partial charge on any atom is 0.266 e. The van der Waals surface area contributed by atoms with Crippen molar-refractivity contribution >= 4 is 0 Å². The van der Waals surface area contributed by atoms with Crippen molar-refractivity contribution in [2.75, 3.05) is 13.1 Å². The minimum atomic E-state index is -2.73. The molecule has 2 rings (SSSR count). The average molecular weight is 243 g/mol. The van der Waals surface area contributed by atoms with Gasteiger partial charge in [0, 0.05) is 0 Å². The summed E-state index contributed by atoms with van der Waals surface area (Å²) in [4.78, 5) is 0. The van der Waals surface area contributed by atoms with E-state index in [0.717, 1.165) is 32.0 Å². The van der Waals surface area contributed by atoms with Gasteiger partial charge >= 0.3 is 0 Å². The summed E-state index contributed by atoms with van der Waals surface area (Å²) in [6, 6.07) is 4.23. The van der Waals surface area contributed by atoms with Crippen molar-refractivity contribution in [3.63, 3.8) is 0 Å². The first-order valence-corrected chi connectivity index (χ1v) is 5.94. The molecule has 0 bridgehead atoms. The van der Waals surface area contributed by atoms with Crippen LogP contribution in [0.5, 0.6) is 0 Å². The fourth-order valence-corrected chi connectivity index (χ4v) is 2.40. The van der Waals surface area contributed by atoms with E-state index in [0.29, 0.717) is 17.9 Å². The molecule has 1 fully saturated rings. The van der Waals surface area contributed by atoms with Crippen LogP contribution in [0.4, 0.5) is 13.2 Å². The van der Waals surface area contributed by atoms with Crippen LogP contribution in [0, 0.1) is 11.7 Å². The molecule has 0 unspecified atom stereocenters. The van der Waals surface area contributed by atoms with Gasteiger partial charge in [0.2, 0.25) is 0 Å². The van der Waals surface area contributed by atoms with E-state index in [1.165, 1.54) is 6.07 Å². The SMILES string of the molecule is Fc1cccc(CC2CCNCC2)c1C(F)F. The predicted molar refractivity (Wildman–Crippen MR) is 60.7 cm³/mol. The molecular formula is C13H16F3N. The summed E-state index contributed by atoms with van der Waals surface area (Å²) in [7, 11) is 0. The van der Waals surface area contributed by atoms with Gasteiger partial charge in [-0.25, -0.2) is 13.2 Å². The predicted octanol–water partition coefficient (Wildman–Crippen LogP) is 3.31. The highest BCUT2D eigenvalue weighted by Gasteiger charge is 2.21. The van der Waals surface area contributed by atoms with E-state index < -0.39 is 17.8 Å². The van der Waals surface area contributed by atoms with Crippen LogP contribution >= 0.6 is 0 Å². The Labute approximate surface area is 99.0 Å². The largest absolute Gasteiger partial charge is 0.317 e. The number of rotatable bonds is 3. The minimum Gasteiger partial charge on any atom is -0.317 e. The number of nitrogens with one attached hydrogen (secondary N) is 1. The van der Waals surface area contributed by atoms with E-state index in [2.05, 4.69) is 5.32 Å². The smallest absolute Gasteiger partial charge is 0.266 e. The Morgan fingerprint density at radius 2 is 1.94 bits per heavy atom. The fourth-order valence-electron chi connectivity index (χ4n) is 2.40. The molecule has 94 valence electrons. The molecular weight excluding hydrogens is 227 g/mol. The summed E-state index contributed by atoms with van der Waals surface area (Å²) >= 11 is 0. The molecule has 17 heavy (non-hydrogen) atoms. The Hall–Kier alpha value is -1.03. The lowest BCUT2D eigenvalue weighted by molar-refractivity contribution is 0.144. The third-order valence-corrected chi connectivity index (χ3v) is 3.33. The molecule has 1 N–H and O–H groups in total. The molecule has 0 saturated carbocycles. The quantitative estimate of drug-likeness (QED) is 0.858. The number of piperidine rings is 1. The van der Waals surface area contributed by atoms with Gasteiger partial charge in [0.25, 0.3) is 6.43 Å². The number of halogens is 3. The second-order valence-corrected chi connectivity index (χ2v) is 4.51. The number of alkyl halides is 2. The van der Waals surface area contributed by atoms with Gasteiger partial charge in [-0.15, -0.1) is 0 Å². The molecule has 1 saturated heterocycles. The summed E-state index contributed by atoms with van der Waals surface area (Å²) in [5.41, 5.74) is 0.0536. The Kier molecular flexibility index (Phi) is 4.05. The van der Waals surface area contributed by atoms with Crippen molar-refractivity contribution in [1.29, 1.82) is 0 Å². The first-order valence-electron chi connectivity index (χ1n) is 5.94. The maximum absolute atomic E-state index is 13.4. The molecule has 0 spiro atoms. The van der Waals surface area contributed by atoms with Gasteiger partial charge in [-0.05, 0) is 49.9 Å². The van der Waals surface area contributed by atoms with Gasteiger partial charge in [-0.3, -0.25) is 0 Å². The molecule has 0 radical (unpaired) electrons. The van der Waals surface area contributed by atoms with Gasteiger partial charge in [0.05, 0.1) is 5.56 Å². The van der Waals surface area contributed by atoms with Crippen molar-refractivity contribution in [1.82, 2.24) is 5.32 Å². The lowest BCUT2D eigenvalue weighted by Crippen LogP contribution is -2.28. The average Bonchev–Trinajstić information content (AvgIpc) is 2.30. The van der Waals surface area contributed by atoms with Crippen molar-refractivity contribution < 1.29 is 13.2 Å². The van der Waals surface area contributed by atoms with Crippen LogP contribution in [-0.4, -0.2) is 13.1 Å². The lowest BCUT2D eigenvalue weighted by atomic mass is 9.89. The van der Waals surface area contributed by atoms with E-state index in [9.17, 15) is 13.2 Å². The Morgan fingerprint density at radius 3 is 2.59 bits per heavy atom. The molecule has 0 atom stereocenters. The van der Waals surface area contributed by atoms with Crippen molar-refractivity contribution in [2.45, 2.75) is 25.7 Å². The van der Waals surface area contributed by atoms with Crippen LogP contribution in [-0.2, 0) is 6.42 Å². The van der Waals surface area contributed by atoms with Crippen LogP contribution in [0.15, 0.2) is 18.2 Å². The first kappa shape index (κ1) is 12.4. The topological polar surface area (TPSA) is 12.0 Å². The monoisotopic (exact) mass is 243 g/mol. The summed E-state index contributed by atoms with van der Waals surface area (Å²) in [6.45, 7) is 1.84. The molecule has 0 aromatic heterocycles. The zero-order chi connectivity index (χ0) is 12.3. The second kappa shape index (κ2) is 5.54. The molecule has 1 aromatic carbocycles. The molecule has 4 heteroatoms. The molecule has 1 nitrogen and oxygen atoms in total. The standard InChI is InChI=1S/C13H16F3N/c14-11-3-1-2-10(12(11)13(15)16)8-9-4-6-17-7-5-9/h1-3,9,13,17H,4-8H2. The minimum absolute atomic E-state index is 0.385. The summed E-state index contributed by atoms with van der Waals surface area (Å²) in [6.07, 6.45) is -0.231. The number of benzene rings is 1. The number of hydrogen-bond donors (Lipinski definition) is 1. The fraction of sp³-hybridized carbons (Fsp3) is 0.538. The van der Waals surface area contributed by atoms with Crippen molar-refractivity contribution in [3.8, 4) is 0 Å². The number of hydrogen-bond acceptors (Lipinski definition) is 1. The van der Waals surface area contributed by atoms with E-state index in [1.54, 1.807) is 6.07 Å². The van der Waals surface area contributed by atoms with Crippen molar-refractivity contribution in [2.24, 2.45) is 5.92 Å². The zero-order valence-corrected chi connectivity index (χ0v) is 9.56. The van der Waals surface area contributed by atoms with E-state index in [1.807, 2.05) is 0 Å². The maximum atomic E-state index is 13.4. The van der Waals surface area contributed by atoms with E-state index >= 15 is 0 Å². The van der Waals surface area contributed by atoms with Gasteiger partial charge in [-0.1, -0.05) is 12.1 Å². The molecule has 0 amide bonds. The Morgan fingerprint density at radius 1 is 1.24 bits per heavy atom. The summed E-state index contributed by atoms with van der Waals surface area (Å²) in [5.74, 6) is -0.401. The molecule has 1 aromatic rings. The third-order valence-electron chi connectivity index (χ3n) is 3.33. The highest BCUT2D eigenvalue weighted by atomic mass is 19.3. The summed E-state index contributed by atoms with van der Waals surface area (Å²) < 4.78 is 38.9. The van der Waals surface area contributed by atoms with E-state index in [4.69, 9.17) is 0 Å². The molecule has 1 heterocycles. The third kappa shape index (κ3) is 3.00. The molecule has 1 aliphatic heterocycles. The van der Waals surface area contributed by atoms with E-state index in [-0.39, 0.29) is 0 Å². The van der Waals surface area contributed by atoms with Gasteiger partial charge in [-0.2, -0.15) is 0 Å². The Balaban J connectivity index is 2.16. The Bertz CT molecular complexity index is 373. The van der Waals surface area contributed by atoms with Crippen LogP contribution in [0.1, 0.15) is 30.4 Å². The second-order valence-electron chi connectivity index (χ2n) is 4.51. The van der Waals surface area contributed by atoms with Crippen LogP contribution < -0.4 is 5.32 Å².